The molecule has 0 aromatic carbocycles. The molecule has 0 spiro atoms. The highest BCUT2D eigenvalue weighted by Crippen LogP contribution is 2.16. The van der Waals surface area contributed by atoms with E-state index in [4.69, 9.17) is 24.1 Å². The van der Waals surface area contributed by atoms with E-state index in [1.165, 1.54) is 64.2 Å². The van der Waals surface area contributed by atoms with Gasteiger partial charge < -0.3 is 45.3 Å². The summed E-state index contributed by atoms with van der Waals surface area (Å²) in [5.74, 6) is -2.14. The normalized spacial score (nSPS) is 12.0. The molecule has 0 saturated carbocycles. The van der Waals surface area contributed by atoms with Crippen molar-refractivity contribution in [2.45, 2.75) is 200 Å². The summed E-state index contributed by atoms with van der Waals surface area (Å²) in [6.45, 7) is 12.4. The Hall–Kier alpha value is -3.46. The molecule has 15 nitrogen and oxygen atoms in total. The molecule has 0 rings (SSSR count). The highest BCUT2D eigenvalue weighted by Gasteiger charge is 2.27. The highest BCUT2D eigenvalue weighted by atomic mass is 16.6. The van der Waals surface area contributed by atoms with Crippen LogP contribution in [-0.4, -0.2) is 104 Å². The van der Waals surface area contributed by atoms with E-state index in [9.17, 15) is 28.8 Å². The number of hydrogen-bond donors (Lipinski definition) is 5. The number of unbranched alkanes of at least 4 members (excludes halogenated alkanes) is 16. The summed E-state index contributed by atoms with van der Waals surface area (Å²) >= 11 is 0. The molecule has 344 valence electrons. The lowest BCUT2D eigenvalue weighted by atomic mass is 10.0. The van der Waals surface area contributed by atoms with Crippen molar-refractivity contribution in [1.29, 1.82) is 0 Å². The second-order valence-electron chi connectivity index (χ2n) is 17.2. The number of ether oxygens (including phenoxy) is 4. The van der Waals surface area contributed by atoms with E-state index in [1.54, 1.807) is 20.8 Å². The van der Waals surface area contributed by atoms with Crippen LogP contribution in [-0.2, 0) is 42.9 Å². The Morgan fingerprint density at radius 1 is 0.492 bits per heavy atom. The molecule has 4 amide bonds. The summed E-state index contributed by atoms with van der Waals surface area (Å²) in [6, 6.07) is -1.25. The molecule has 0 saturated heterocycles. The zero-order valence-corrected chi connectivity index (χ0v) is 37.6. The van der Waals surface area contributed by atoms with E-state index >= 15 is 0 Å². The number of hydrogen-bond acceptors (Lipinski definition) is 10. The van der Waals surface area contributed by atoms with E-state index in [0.29, 0.717) is 45.3 Å². The summed E-state index contributed by atoms with van der Waals surface area (Å²) in [7, 11) is 0. The van der Waals surface area contributed by atoms with Crippen LogP contribution in [0.2, 0.25) is 0 Å². The van der Waals surface area contributed by atoms with Crippen molar-refractivity contribution < 1.29 is 52.8 Å². The molecule has 0 aliphatic heterocycles. The third-order valence-corrected chi connectivity index (χ3v) is 8.98. The largest absolute Gasteiger partial charge is 0.480 e. The van der Waals surface area contributed by atoms with Gasteiger partial charge in [-0.25, -0.2) is 14.4 Å². The lowest BCUT2D eigenvalue weighted by Crippen LogP contribution is -2.44. The SMILES string of the molecule is CC(C)(C)OC(=O)CCCCCCCCCCCCCCCCCCC(=O)N[C@@H](CCC(=O)NCCCCNC(=O)NCCOCCOCC(=O)O)C(=O)OC(C)(C)C. The Labute approximate surface area is 355 Å². The molecule has 59 heavy (non-hydrogen) atoms. The molecule has 0 heterocycles. The van der Waals surface area contributed by atoms with Crippen LogP contribution in [0.15, 0.2) is 0 Å². The number of rotatable bonds is 37. The summed E-state index contributed by atoms with van der Waals surface area (Å²) < 4.78 is 21.0. The number of carbonyl (C=O) groups excluding carboxylic acids is 5. The van der Waals surface area contributed by atoms with Gasteiger partial charge in [0.25, 0.3) is 0 Å². The third kappa shape index (κ3) is 41.1. The minimum absolute atomic E-state index is 0.0541. The number of amides is 4. The second-order valence-corrected chi connectivity index (χ2v) is 17.2. The molecule has 0 aliphatic rings. The first-order valence-electron chi connectivity index (χ1n) is 22.4. The average Bonchev–Trinajstić information content (AvgIpc) is 3.13. The standard InChI is InChI=1S/C44H82N4O11/c1-43(2,3)58-40(53)26-22-20-18-16-14-12-10-8-7-9-11-13-15-17-19-21-25-38(50)48-36(41(54)59-44(4,5)6)27-28-37(49)45-29-23-24-30-46-42(55)47-31-32-56-33-34-57-35-39(51)52/h36H,7-35H2,1-6H3,(H,45,49)(H,48,50)(H,51,52)(H2,46,47,55)/t36-/m0/s1. The zero-order chi connectivity index (χ0) is 44.2. The molecule has 0 bridgehead atoms. The van der Waals surface area contributed by atoms with Crippen molar-refractivity contribution in [3.05, 3.63) is 0 Å². The number of carbonyl (C=O) groups is 6. The summed E-state index contributed by atoms with van der Waals surface area (Å²) in [6.07, 6.45) is 20.9. The van der Waals surface area contributed by atoms with Crippen LogP contribution in [0.25, 0.3) is 0 Å². The van der Waals surface area contributed by atoms with Crippen molar-refractivity contribution in [3.63, 3.8) is 0 Å². The molecule has 0 fully saturated rings. The van der Waals surface area contributed by atoms with Crippen LogP contribution >= 0.6 is 0 Å². The quantitative estimate of drug-likeness (QED) is 0.0310. The number of nitrogens with one attached hydrogen (secondary N) is 4. The van der Waals surface area contributed by atoms with Gasteiger partial charge in [0.2, 0.25) is 11.8 Å². The first-order valence-corrected chi connectivity index (χ1v) is 22.4. The van der Waals surface area contributed by atoms with E-state index in [0.717, 1.165) is 38.5 Å². The Balaban J connectivity index is 3.99. The molecule has 0 aliphatic carbocycles. The Morgan fingerprint density at radius 3 is 1.46 bits per heavy atom. The first kappa shape index (κ1) is 55.5. The van der Waals surface area contributed by atoms with Gasteiger partial charge in [-0.3, -0.25) is 14.4 Å². The lowest BCUT2D eigenvalue weighted by Gasteiger charge is -2.24. The third-order valence-electron chi connectivity index (χ3n) is 8.98. The Kier molecular flexibility index (Phi) is 33.2. The number of aliphatic carboxylic acids is 1. The maximum Gasteiger partial charge on any atom is 0.329 e. The Morgan fingerprint density at radius 2 is 0.949 bits per heavy atom. The van der Waals surface area contributed by atoms with Gasteiger partial charge in [0.15, 0.2) is 0 Å². The van der Waals surface area contributed by atoms with E-state index in [1.807, 2.05) is 20.8 Å². The molecule has 0 radical (unpaired) electrons. The number of urea groups is 1. The molecule has 15 heteroatoms. The molecule has 1 atom stereocenters. The maximum absolute atomic E-state index is 12.9. The average molecular weight is 843 g/mol. The minimum atomic E-state index is -1.04. The molecular formula is C44H82N4O11. The van der Waals surface area contributed by atoms with Crippen LogP contribution in [0.5, 0.6) is 0 Å². The maximum atomic E-state index is 12.9. The van der Waals surface area contributed by atoms with Crippen LogP contribution in [0.1, 0.15) is 183 Å². The van der Waals surface area contributed by atoms with Gasteiger partial charge in [-0.15, -0.1) is 0 Å². The van der Waals surface area contributed by atoms with Gasteiger partial charge in [0.1, 0.15) is 23.9 Å². The molecule has 0 unspecified atom stereocenters. The van der Waals surface area contributed by atoms with Gasteiger partial charge >= 0.3 is 23.9 Å². The van der Waals surface area contributed by atoms with Crippen molar-refractivity contribution in [3.8, 4) is 0 Å². The molecular weight excluding hydrogens is 761 g/mol. The smallest absolute Gasteiger partial charge is 0.329 e. The highest BCUT2D eigenvalue weighted by molar-refractivity contribution is 5.85. The fourth-order valence-corrected chi connectivity index (χ4v) is 6.03. The van der Waals surface area contributed by atoms with Gasteiger partial charge in [-0.2, -0.15) is 0 Å². The summed E-state index contributed by atoms with van der Waals surface area (Å²) in [4.78, 5) is 72.1. The number of carboxylic acids is 1. The lowest BCUT2D eigenvalue weighted by molar-refractivity contribution is -0.159. The fourth-order valence-electron chi connectivity index (χ4n) is 6.03. The van der Waals surface area contributed by atoms with E-state index in [2.05, 4.69) is 21.3 Å². The monoisotopic (exact) mass is 843 g/mol. The predicted molar refractivity (Wildman–Crippen MR) is 229 cm³/mol. The number of carboxylic acid groups (broad SMARTS) is 1. The van der Waals surface area contributed by atoms with Gasteiger partial charge in [-0.1, -0.05) is 89.9 Å². The first-order chi connectivity index (χ1) is 28.0. The molecule has 0 aromatic heterocycles. The van der Waals surface area contributed by atoms with Crippen molar-refractivity contribution >= 4 is 35.8 Å². The van der Waals surface area contributed by atoms with Crippen LogP contribution in [0.4, 0.5) is 4.79 Å². The predicted octanol–water partition coefficient (Wildman–Crippen LogP) is 7.27. The van der Waals surface area contributed by atoms with Crippen LogP contribution < -0.4 is 21.3 Å². The van der Waals surface area contributed by atoms with Crippen molar-refractivity contribution in [2.75, 3.05) is 46.1 Å². The zero-order valence-electron chi connectivity index (χ0n) is 37.6. The second kappa shape index (κ2) is 35.3. The molecule has 5 N–H and O–H groups in total. The number of esters is 2. The van der Waals surface area contributed by atoms with Crippen molar-refractivity contribution in [2.24, 2.45) is 0 Å². The summed E-state index contributed by atoms with van der Waals surface area (Å²) in [5.41, 5.74) is -1.13. The van der Waals surface area contributed by atoms with Crippen molar-refractivity contribution in [1.82, 2.24) is 21.3 Å². The fraction of sp³-hybridized carbons (Fsp3) is 0.864. The topological polar surface area (TPSA) is 208 Å². The van der Waals surface area contributed by atoms with Gasteiger partial charge in [-0.05, 0) is 73.6 Å². The van der Waals surface area contributed by atoms with Crippen LogP contribution in [0.3, 0.4) is 0 Å². The Bertz CT molecular complexity index is 1150. The van der Waals surface area contributed by atoms with E-state index < -0.39 is 29.2 Å². The van der Waals surface area contributed by atoms with Gasteiger partial charge in [0, 0.05) is 38.9 Å². The summed E-state index contributed by atoms with van der Waals surface area (Å²) in [5, 5.41) is 19.5. The minimum Gasteiger partial charge on any atom is -0.480 e. The van der Waals surface area contributed by atoms with Crippen LogP contribution in [0, 0.1) is 0 Å². The molecule has 0 aromatic rings. The van der Waals surface area contributed by atoms with Gasteiger partial charge in [0.05, 0.1) is 19.8 Å². The van der Waals surface area contributed by atoms with E-state index in [-0.39, 0.29) is 63.1 Å².